The minimum Gasteiger partial charge on any atom is -0.381 e. The molecule has 14 heavy (non-hydrogen) atoms. The Balaban J connectivity index is 2.33. The van der Waals surface area contributed by atoms with Crippen LogP contribution in [0.1, 0.15) is 20.3 Å². The second kappa shape index (κ2) is 4.57. The van der Waals surface area contributed by atoms with Crippen LogP contribution in [0, 0.1) is 0 Å². The highest BCUT2D eigenvalue weighted by Crippen LogP contribution is 2.07. The average Bonchev–Trinajstić information content (AvgIpc) is 2.14. The van der Waals surface area contributed by atoms with E-state index in [9.17, 15) is 9.90 Å². The molecule has 0 aromatic heterocycles. The van der Waals surface area contributed by atoms with Gasteiger partial charge in [-0.1, -0.05) is 11.6 Å². The highest BCUT2D eigenvalue weighted by molar-refractivity contribution is 5.84. The average molecular weight is 199 g/mol. The first-order valence-corrected chi connectivity index (χ1v) is 4.76. The fourth-order valence-corrected chi connectivity index (χ4v) is 1.14. The Labute approximate surface area is 83.9 Å². The fourth-order valence-electron chi connectivity index (χ4n) is 1.14. The van der Waals surface area contributed by atoms with Crippen molar-refractivity contribution in [3.63, 3.8) is 0 Å². The van der Waals surface area contributed by atoms with Gasteiger partial charge in [-0.05, 0) is 20.3 Å². The molecule has 1 heterocycles. The highest BCUT2D eigenvalue weighted by atomic mass is 16.5. The van der Waals surface area contributed by atoms with Crippen LogP contribution in [0.4, 0.5) is 0 Å². The molecule has 0 saturated carbocycles. The van der Waals surface area contributed by atoms with Crippen molar-refractivity contribution < 1.29 is 14.6 Å². The molecule has 1 amide bonds. The summed E-state index contributed by atoms with van der Waals surface area (Å²) in [5.41, 5.74) is -0.139. The van der Waals surface area contributed by atoms with Gasteiger partial charge in [0.05, 0.1) is 13.2 Å². The minimum absolute atomic E-state index is 0.343. The van der Waals surface area contributed by atoms with Crippen molar-refractivity contribution in [2.75, 3.05) is 19.8 Å². The van der Waals surface area contributed by atoms with E-state index in [1.807, 2.05) is 6.08 Å². The Morgan fingerprint density at radius 1 is 1.71 bits per heavy atom. The summed E-state index contributed by atoms with van der Waals surface area (Å²) >= 11 is 0. The van der Waals surface area contributed by atoms with Gasteiger partial charge in [-0.3, -0.25) is 4.79 Å². The van der Waals surface area contributed by atoms with Crippen LogP contribution in [0.3, 0.4) is 0 Å². The lowest BCUT2D eigenvalue weighted by molar-refractivity contribution is -0.136. The normalized spacial score (nSPS) is 17.5. The van der Waals surface area contributed by atoms with Crippen molar-refractivity contribution in [2.45, 2.75) is 25.9 Å². The molecule has 0 bridgehead atoms. The van der Waals surface area contributed by atoms with Gasteiger partial charge in [0.2, 0.25) is 0 Å². The van der Waals surface area contributed by atoms with E-state index in [1.54, 1.807) is 0 Å². The molecule has 1 rings (SSSR count). The zero-order chi connectivity index (χ0) is 10.6. The lowest BCUT2D eigenvalue weighted by atomic mass is 10.1. The predicted octanol–water partition coefficient (Wildman–Crippen LogP) is 0.220. The summed E-state index contributed by atoms with van der Waals surface area (Å²) < 4.78 is 5.14. The van der Waals surface area contributed by atoms with Crippen molar-refractivity contribution in [1.29, 1.82) is 0 Å². The van der Waals surface area contributed by atoms with Gasteiger partial charge in [-0.2, -0.15) is 0 Å². The van der Waals surface area contributed by atoms with Crippen molar-refractivity contribution in [1.82, 2.24) is 5.32 Å². The van der Waals surface area contributed by atoms with Crippen molar-refractivity contribution >= 4 is 5.91 Å². The van der Waals surface area contributed by atoms with E-state index in [2.05, 4.69) is 5.32 Å². The number of carbonyl (C=O) groups is 1. The molecule has 4 heteroatoms. The molecule has 0 spiro atoms. The first-order valence-electron chi connectivity index (χ1n) is 4.76. The predicted molar refractivity (Wildman–Crippen MR) is 52.8 cm³/mol. The van der Waals surface area contributed by atoms with Gasteiger partial charge in [0.25, 0.3) is 5.91 Å². The van der Waals surface area contributed by atoms with E-state index in [-0.39, 0.29) is 5.91 Å². The van der Waals surface area contributed by atoms with Crippen LogP contribution in [0.15, 0.2) is 11.6 Å². The van der Waals surface area contributed by atoms with Crippen LogP contribution < -0.4 is 5.32 Å². The number of nitrogens with one attached hydrogen (secondary N) is 1. The maximum absolute atomic E-state index is 11.3. The molecule has 2 N–H and O–H groups in total. The van der Waals surface area contributed by atoms with E-state index < -0.39 is 5.60 Å². The monoisotopic (exact) mass is 199 g/mol. The second-order valence-corrected chi connectivity index (χ2v) is 3.93. The Bertz CT molecular complexity index is 240. The lowest BCUT2D eigenvalue weighted by Gasteiger charge is -2.19. The summed E-state index contributed by atoms with van der Waals surface area (Å²) in [6.07, 6.45) is 2.82. The Kier molecular flexibility index (Phi) is 3.66. The molecule has 0 saturated heterocycles. The molecule has 1 aliphatic rings. The van der Waals surface area contributed by atoms with Gasteiger partial charge in [0.15, 0.2) is 0 Å². The van der Waals surface area contributed by atoms with Crippen LogP contribution in [0.2, 0.25) is 0 Å². The van der Waals surface area contributed by atoms with Crippen LogP contribution in [-0.4, -0.2) is 36.4 Å². The Morgan fingerprint density at radius 2 is 2.43 bits per heavy atom. The zero-order valence-electron chi connectivity index (χ0n) is 8.67. The minimum atomic E-state index is -1.30. The van der Waals surface area contributed by atoms with E-state index in [0.717, 1.165) is 12.0 Å². The molecule has 0 aromatic rings. The first kappa shape index (κ1) is 11.2. The third-order valence-electron chi connectivity index (χ3n) is 2.09. The van der Waals surface area contributed by atoms with Crippen LogP contribution in [0.25, 0.3) is 0 Å². The van der Waals surface area contributed by atoms with Crippen LogP contribution in [-0.2, 0) is 9.53 Å². The SMILES string of the molecule is CC(C)(O)C(=O)NCC1=CCOCC1. The summed E-state index contributed by atoms with van der Waals surface area (Å²) in [5.74, 6) is -0.343. The van der Waals surface area contributed by atoms with Gasteiger partial charge < -0.3 is 15.2 Å². The van der Waals surface area contributed by atoms with E-state index in [4.69, 9.17) is 4.74 Å². The quantitative estimate of drug-likeness (QED) is 0.639. The molecular weight excluding hydrogens is 182 g/mol. The molecular formula is C10H17NO3. The number of carbonyl (C=O) groups excluding carboxylic acids is 1. The molecule has 1 aliphatic heterocycles. The molecule has 0 radical (unpaired) electrons. The van der Waals surface area contributed by atoms with Gasteiger partial charge >= 0.3 is 0 Å². The number of rotatable bonds is 3. The number of ether oxygens (including phenoxy) is 1. The highest BCUT2D eigenvalue weighted by Gasteiger charge is 2.23. The summed E-state index contributed by atoms with van der Waals surface area (Å²) in [5, 5.41) is 12.0. The molecule has 0 unspecified atom stereocenters. The first-order chi connectivity index (χ1) is 6.50. The maximum atomic E-state index is 11.3. The second-order valence-electron chi connectivity index (χ2n) is 3.93. The standard InChI is InChI=1S/C10H17NO3/c1-10(2,13)9(12)11-7-8-3-5-14-6-4-8/h3,13H,4-7H2,1-2H3,(H,11,12). The Morgan fingerprint density at radius 3 is 2.93 bits per heavy atom. The number of hydrogen-bond donors (Lipinski definition) is 2. The molecule has 0 fully saturated rings. The summed E-state index contributed by atoms with van der Waals surface area (Å²) in [4.78, 5) is 11.3. The molecule has 80 valence electrons. The van der Waals surface area contributed by atoms with E-state index >= 15 is 0 Å². The van der Waals surface area contributed by atoms with Crippen molar-refractivity contribution in [2.24, 2.45) is 0 Å². The van der Waals surface area contributed by atoms with Crippen molar-refractivity contribution in [3.8, 4) is 0 Å². The lowest BCUT2D eigenvalue weighted by Crippen LogP contribution is -2.42. The smallest absolute Gasteiger partial charge is 0.251 e. The third kappa shape index (κ3) is 3.47. The van der Waals surface area contributed by atoms with Gasteiger partial charge in [0, 0.05) is 6.54 Å². The van der Waals surface area contributed by atoms with E-state index in [1.165, 1.54) is 13.8 Å². The summed E-state index contributed by atoms with van der Waals surface area (Å²) in [6.45, 7) is 4.78. The fraction of sp³-hybridized carbons (Fsp3) is 0.700. The summed E-state index contributed by atoms with van der Waals surface area (Å²) in [6, 6.07) is 0. The van der Waals surface area contributed by atoms with Crippen LogP contribution in [0.5, 0.6) is 0 Å². The topological polar surface area (TPSA) is 58.6 Å². The van der Waals surface area contributed by atoms with Crippen LogP contribution >= 0.6 is 0 Å². The molecule has 0 aromatic carbocycles. The zero-order valence-corrected chi connectivity index (χ0v) is 8.67. The largest absolute Gasteiger partial charge is 0.381 e. The number of aliphatic hydroxyl groups is 1. The van der Waals surface area contributed by atoms with Crippen molar-refractivity contribution in [3.05, 3.63) is 11.6 Å². The van der Waals surface area contributed by atoms with Gasteiger partial charge in [-0.15, -0.1) is 0 Å². The molecule has 4 nitrogen and oxygen atoms in total. The van der Waals surface area contributed by atoms with Gasteiger partial charge in [0.1, 0.15) is 5.60 Å². The van der Waals surface area contributed by atoms with E-state index in [0.29, 0.717) is 19.8 Å². The summed E-state index contributed by atoms with van der Waals surface area (Å²) in [7, 11) is 0. The number of hydrogen-bond acceptors (Lipinski definition) is 3. The Hall–Kier alpha value is -0.870. The third-order valence-corrected chi connectivity index (χ3v) is 2.09. The molecule has 0 aliphatic carbocycles. The maximum Gasteiger partial charge on any atom is 0.251 e. The molecule has 0 atom stereocenters. The number of amides is 1. The van der Waals surface area contributed by atoms with Gasteiger partial charge in [-0.25, -0.2) is 0 Å².